The molecule has 6 heteroatoms. The van der Waals surface area contributed by atoms with Crippen molar-refractivity contribution >= 4 is 0 Å². The lowest BCUT2D eigenvalue weighted by Gasteiger charge is -2.11. The van der Waals surface area contributed by atoms with E-state index >= 15 is 0 Å². The van der Waals surface area contributed by atoms with Crippen LogP contribution in [-0.4, -0.2) is 18.5 Å². The molecule has 0 atom stereocenters. The first kappa shape index (κ1) is 11.9. The van der Waals surface area contributed by atoms with Gasteiger partial charge < -0.3 is 24.5 Å². The fourth-order valence-electron chi connectivity index (χ4n) is 1.92. The summed E-state index contributed by atoms with van der Waals surface area (Å²) in [5.74, 6) is 2.81. The zero-order chi connectivity index (χ0) is 13.1. The van der Waals surface area contributed by atoms with E-state index in [1.165, 1.54) is 0 Å². The molecular weight excluding hydrogens is 248 g/mol. The zero-order valence-corrected chi connectivity index (χ0v) is 10.3. The molecule has 19 heavy (non-hydrogen) atoms. The van der Waals surface area contributed by atoms with Crippen molar-refractivity contribution in [2.45, 2.75) is 13.0 Å². The fraction of sp³-hybridized carbons (Fsp3) is 0.308. The van der Waals surface area contributed by atoms with Crippen LogP contribution in [0.15, 0.2) is 28.9 Å². The van der Waals surface area contributed by atoms with Crippen molar-refractivity contribution in [2.75, 3.05) is 13.3 Å². The first-order chi connectivity index (χ1) is 9.36. The molecule has 0 amide bonds. The first-order valence-electron chi connectivity index (χ1n) is 6.02. The molecule has 0 radical (unpaired) electrons. The maximum absolute atomic E-state index is 5.73. The van der Waals surface area contributed by atoms with Crippen molar-refractivity contribution < 1.29 is 18.7 Å². The van der Waals surface area contributed by atoms with E-state index in [9.17, 15) is 0 Å². The third kappa shape index (κ3) is 2.48. The number of ether oxygens (including phenoxy) is 3. The maximum Gasteiger partial charge on any atom is 0.231 e. The van der Waals surface area contributed by atoms with Crippen molar-refractivity contribution in [3.05, 3.63) is 35.7 Å². The van der Waals surface area contributed by atoms with Gasteiger partial charge >= 0.3 is 0 Å². The van der Waals surface area contributed by atoms with Gasteiger partial charge in [-0.25, -0.2) is 0 Å². The van der Waals surface area contributed by atoms with E-state index in [-0.39, 0.29) is 6.79 Å². The van der Waals surface area contributed by atoms with Gasteiger partial charge in [-0.1, -0.05) is 5.16 Å². The Hall–Kier alpha value is -2.21. The lowest BCUT2D eigenvalue weighted by Crippen LogP contribution is -2.05. The minimum absolute atomic E-state index is 0.239. The minimum atomic E-state index is 0.239. The number of rotatable bonds is 5. The van der Waals surface area contributed by atoms with Crippen LogP contribution in [0.1, 0.15) is 11.3 Å². The number of aromatic nitrogens is 1. The van der Waals surface area contributed by atoms with Crippen LogP contribution in [0.4, 0.5) is 0 Å². The summed E-state index contributed by atoms with van der Waals surface area (Å²) in [4.78, 5) is 0. The van der Waals surface area contributed by atoms with Crippen LogP contribution < -0.4 is 19.9 Å². The second-order valence-corrected chi connectivity index (χ2v) is 4.12. The molecule has 1 aromatic carbocycles. The molecule has 2 N–H and O–H groups in total. The zero-order valence-electron chi connectivity index (χ0n) is 10.3. The third-order valence-electron chi connectivity index (χ3n) is 2.83. The van der Waals surface area contributed by atoms with E-state index in [1.54, 1.807) is 12.3 Å². The van der Waals surface area contributed by atoms with Crippen LogP contribution in [0.2, 0.25) is 0 Å². The Labute approximate surface area is 110 Å². The van der Waals surface area contributed by atoms with Crippen LogP contribution in [0, 0.1) is 0 Å². The van der Waals surface area contributed by atoms with Crippen LogP contribution in [0.3, 0.4) is 0 Å². The number of hydrogen-bond acceptors (Lipinski definition) is 6. The summed E-state index contributed by atoms with van der Waals surface area (Å²) in [6.45, 7) is 1.10. The van der Waals surface area contributed by atoms with Gasteiger partial charge in [0.05, 0.1) is 6.20 Å². The molecule has 3 rings (SSSR count). The van der Waals surface area contributed by atoms with Gasteiger partial charge in [0.15, 0.2) is 17.3 Å². The lowest BCUT2D eigenvalue weighted by molar-refractivity contribution is 0.173. The predicted octanol–water partition coefficient (Wildman–Crippen LogP) is 1.48. The summed E-state index contributed by atoms with van der Waals surface area (Å²) in [6.07, 6.45) is 2.29. The molecule has 0 saturated carbocycles. The second kappa shape index (κ2) is 5.19. The summed E-state index contributed by atoms with van der Waals surface area (Å²) in [5, 5.41) is 3.63. The molecule has 1 aliphatic heterocycles. The van der Waals surface area contributed by atoms with Crippen molar-refractivity contribution in [3.8, 4) is 17.2 Å². The topological polar surface area (TPSA) is 79.7 Å². The van der Waals surface area contributed by atoms with Gasteiger partial charge in [0.25, 0.3) is 0 Å². The molecule has 0 saturated heterocycles. The Morgan fingerprint density at radius 3 is 2.84 bits per heavy atom. The van der Waals surface area contributed by atoms with Crippen molar-refractivity contribution in [2.24, 2.45) is 5.73 Å². The quantitative estimate of drug-likeness (QED) is 0.879. The molecule has 6 nitrogen and oxygen atoms in total. The van der Waals surface area contributed by atoms with Crippen molar-refractivity contribution in [1.29, 1.82) is 0 Å². The van der Waals surface area contributed by atoms with Crippen LogP contribution in [-0.2, 0) is 13.0 Å². The maximum atomic E-state index is 5.73. The highest BCUT2D eigenvalue weighted by atomic mass is 16.7. The molecule has 0 spiro atoms. The molecule has 1 aliphatic rings. The summed E-state index contributed by atoms with van der Waals surface area (Å²) in [5.41, 5.74) is 6.60. The Morgan fingerprint density at radius 2 is 2.11 bits per heavy atom. The predicted molar refractivity (Wildman–Crippen MR) is 66.2 cm³/mol. The van der Waals surface area contributed by atoms with E-state index in [1.807, 2.05) is 12.1 Å². The van der Waals surface area contributed by atoms with Crippen LogP contribution >= 0.6 is 0 Å². The number of nitrogens with zero attached hydrogens (tertiary/aromatic N) is 1. The second-order valence-electron chi connectivity index (χ2n) is 4.12. The Balaban J connectivity index is 1.82. The molecular formula is C13H14N2O4. The van der Waals surface area contributed by atoms with Crippen LogP contribution in [0.25, 0.3) is 0 Å². The SMILES string of the molecule is NCCc1cc2c(cc1OCc1ccno1)OCO2. The largest absolute Gasteiger partial charge is 0.485 e. The van der Waals surface area contributed by atoms with E-state index in [0.717, 1.165) is 17.1 Å². The molecule has 0 aliphatic carbocycles. The molecule has 0 fully saturated rings. The van der Waals surface area contributed by atoms with Gasteiger partial charge in [-0.15, -0.1) is 0 Å². The lowest BCUT2D eigenvalue weighted by atomic mass is 10.1. The summed E-state index contributed by atoms with van der Waals surface area (Å²) >= 11 is 0. The monoisotopic (exact) mass is 262 g/mol. The van der Waals surface area contributed by atoms with Gasteiger partial charge in [-0.2, -0.15) is 0 Å². The minimum Gasteiger partial charge on any atom is -0.485 e. The first-order valence-corrected chi connectivity index (χ1v) is 6.02. The molecule has 2 aromatic rings. The average molecular weight is 262 g/mol. The van der Waals surface area contributed by atoms with Crippen LogP contribution in [0.5, 0.6) is 17.2 Å². The van der Waals surface area contributed by atoms with Gasteiger partial charge in [0.1, 0.15) is 12.4 Å². The molecule has 0 bridgehead atoms. The summed E-state index contributed by atoms with van der Waals surface area (Å²) in [6, 6.07) is 5.49. The summed E-state index contributed by atoms with van der Waals surface area (Å²) < 4.78 is 21.4. The molecule has 1 aromatic heterocycles. The molecule has 2 heterocycles. The van der Waals surface area contributed by atoms with Gasteiger partial charge in [-0.3, -0.25) is 0 Å². The number of fused-ring (bicyclic) bond motifs is 1. The third-order valence-corrected chi connectivity index (χ3v) is 2.83. The van der Waals surface area contributed by atoms with Gasteiger partial charge in [0.2, 0.25) is 6.79 Å². The standard InChI is InChI=1S/C13H14N2O4/c14-3-1-9-5-12-13(18-8-17-12)6-11(9)16-7-10-2-4-15-19-10/h2,4-6H,1,3,7-8,14H2. The fourth-order valence-corrected chi connectivity index (χ4v) is 1.92. The van der Waals surface area contributed by atoms with Gasteiger partial charge in [-0.05, 0) is 24.6 Å². The van der Waals surface area contributed by atoms with E-state index in [4.69, 9.17) is 24.5 Å². The molecule has 100 valence electrons. The average Bonchev–Trinajstić information content (AvgIpc) is 3.07. The highest BCUT2D eigenvalue weighted by Crippen LogP contribution is 2.38. The Morgan fingerprint density at radius 1 is 1.26 bits per heavy atom. The highest BCUT2D eigenvalue weighted by Gasteiger charge is 2.18. The highest BCUT2D eigenvalue weighted by molar-refractivity contribution is 5.52. The number of nitrogens with two attached hydrogens (primary N) is 1. The van der Waals surface area contributed by atoms with E-state index in [2.05, 4.69) is 5.16 Å². The Bertz CT molecular complexity index is 554. The van der Waals surface area contributed by atoms with Crippen molar-refractivity contribution in [1.82, 2.24) is 5.16 Å². The number of benzene rings is 1. The smallest absolute Gasteiger partial charge is 0.231 e. The normalized spacial score (nSPS) is 12.7. The summed E-state index contributed by atoms with van der Waals surface area (Å²) in [7, 11) is 0. The molecule has 0 unspecified atom stereocenters. The van der Waals surface area contributed by atoms with Gasteiger partial charge in [0, 0.05) is 12.1 Å². The number of hydrogen-bond donors (Lipinski definition) is 1. The van der Waals surface area contributed by atoms with E-state index < -0.39 is 0 Å². The van der Waals surface area contributed by atoms with Crippen molar-refractivity contribution in [3.63, 3.8) is 0 Å². The Kier molecular flexibility index (Phi) is 3.24. The van der Waals surface area contributed by atoms with E-state index in [0.29, 0.717) is 31.1 Å².